The van der Waals surface area contributed by atoms with Crippen LogP contribution in [0.15, 0.2) is 0 Å². The third-order valence-electron chi connectivity index (χ3n) is 3.61. The Morgan fingerprint density at radius 2 is 2.00 bits per heavy atom. The van der Waals surface area contributed by atoms with E-state index < -0.39 is 12.0 Å². The van der Waals surface area contributed by atoms with Gasteiger partial charge < -0.3 is 15.7 Å². The number of rotatable bonds is 5. The Balaban J connectivity index is 2.41. The molecule has 5 nitrogen and oxygen atoms in total. The molecule has 5 heteroatoms. The van der Waals surface area contributed by atoms with Crippen molar-refractivity contribution in [3.8, 4) is 0 Å². The van der Waals surface area contributed by atoms with Gasteiger partial charge in [0, 0.05) is 6.04 Å². The van der Waals surface area contributed by atoms with Crippen LogP contribution in [-0.4, -0.2) is 29.2 Å². The van der Waals surface area contributed by atoms with E-state index in [9.17, 15) is 9.59 Å². The first-order chi connectivity index (χ1) is 8.54. The molecule has 0 radical (unpaired) electrons. The smallest absolute Gasteiger partial charge is 0.326 e. The van der Waals surface area contributed by atoms with Gasteiger partial charge in [0.15, 0.2) is 0 Å². The Morgan fingerprint density at radius 1 is 1.33 bits per heavy atom. The zero-order valence-corrected chi connectivity index (χ0v) is 11.2. The summed E-state index contributed by atoms with van der Waals surface area (Å²) in [5.41, 5.74) is 0. The molecule has 2 amide bonds. The number of hydrogen-bond donors (Lipinski definition) is 3. The van der Waals surface area contributed by atoms with Gasteiger partial charge in [-0.2, -0.15) is 0 Å². The number of carboxylic acids is 1. The van der Waals surface area contributed by atoms with Gasteiger partial charge in [-0.15, -0.1) is 0 Å². The quantitative estimate of drug-likeness (QED) is 0.705. The lowest BCUT2D eigenvalue weighted by atomic mass is 9.86. The van der Waals surface area contributed by atoms with Gasteiger partial charge in [0.2, 0.25) is 0 Å². The number of amides is 2. The molecule has 0 aromatic carbocycles. The van der Waals surface area contributed by atoms with Crippen LogP contribution in [0.25, 0.3) is 0 Å². The normalized spacial score (nSPS) is 25.2. The fraction of sp³-hybridized carbons (Fsp3) is 0.846. The SMILES string of the molecule is CCC[C@@H](NC(=O)NC1CCCCC1C)C(=O)O. The summed E-state index contributed by atoms with van der Waals surface area (Å²) in [6, 6.07) is -0.960. The van der Waals surface area contributed by atoms with E-state index in [2.05, 4.69) is 17.6 Å². The largest absolute Gasteiger partial charge is 0.480 e. The average Bonchev–Trinajstić information content (AvgIpc) is 2.31. The van der Waals surface area contributed by atoms with E-state index in [1.807, 2.05) is 6.92 Å². The van der Waals surface area contributed by atoms with Crippen molar-refractivity contribution in [2.24, 2.45) is 5.92 Å². The number of carboxylic acid groups (broad SMARTS) is 1. The summed E-state index contributed by atoms with van der Waals surface area (Å²) in [7, 11) is 0. The van der Waals surface area contributed by atoms with Crippen LogP contribution in [0.2, 0.25) is 0 Å². The maximum atomic E-state index is 11.8. The molecule has 1 aliphatic carbocycles. The molecule has 0 bridgehead atoms. The van der Waals surface area contributed by atoms with Crippen LogP contribution in [0.3, 0.4) is 0 Å². The molecule has 3 N–H and O–H groups in total. The zero-order valence-electron chi connectivity index (χ0n) is 11.2. The number of carbonyl (C=O) groups is 2. The molecule has 0 aromatic heterocycles. The second-order valence-electron chi connectivity index (χ2n) is 5.17. The fourth-order valence-electron chi connectivity index (χ4n) is 2.45. The highest BCUT2D eigenvalue weighted by Gasteiger charge is 2.25. The van der Waals surface area contributed by atoms with Crippen LogP contribution >= 0.6 is 0 Å². The van der Waals surface area contributed by atoms with Gasteiger partial charge in [0.25, 0.3) is 0 Å². The van der Waals surface area contributed by atoms with Gasteiger partial charge in [-0.3, -0.25) is 0 Å². The second kappa shape index (κ2) is 7.24. The first kappa shape index (κ1) is 14.8. The van der Waals surface area contributed by atoms with Crippen molar-refractivity contribution in [3.05, 3.63) is 0 Å². The Morgan fingerprint density at radius 3 is 2.56 bits per heavy atom. The van der Waals surface area contributed by atoms with E-state index in [-0.39, 0.29) is 12.1 Å². The molecule has 1 saturated carbocycles. The molecule has 18 heavy (non-hydrogen) atoms. The van der Waals surface area contributed by atoms with E-state index in [0.717, 1.165) is 25.7 Å². The Kier molecular flexibility index (Phi) is 5.95. The van der Waals surface area contributed by atoms with Gasteiger partial charge in [-0.1, -0.05) is 33.1 Å². The molecule has 2 unspecified atom stereocenters. The summed E-state index contributed by atoms with van der Waals surface area (Å²) < 4.78 is 0. The number of urea groups is 1. The lowest BCUT2D eigenvalue weighted by molar-refractivity contribution is -0.139. The highest BCUT2D eigenvalue weighted by Crippen LogP contribution is 2.23. The average molecular weight is 256 g/mol. The van der Waals surface area contributed by atoms with Crippen molar-refractivity contribution in [1.29, 1.82) is 0 Å². The van der Waals surface area contributed by atoms with Crippen molar-refractivity contribution in [2.45, 2.75) is 64.5 Å². The summed E-state index contributed by atoms with van der Waals surface area (Å²) in [6.07, 6.45) is 5.66. The van der Waals surface area contributed by atoms with Crippen molar-refractivity contribution >= 4 is 12.0 Å². The minimum atomic E-state index is -0.969. The number of hydrogen-bond acceptors (Lipinski definition) is 2. The van der Waals surface area contributed by atoms with Gasteiger partial charge in [-0.25, -0.2) is 9.59 Å². The highest BCUT2D eigenvalue weighted by molar-refractivity contribution is 5.82. The van der Waals surface area contributed by atoms with Crippen LogP contribution < -0.4 is 10.6 Å². The van der Waals surface area contributed by atoms with E-state index >= 15 is 0 Å². The monoisotopic (exact) mass is 256 g/mol. The van der Waals surface area contributed by atoms with E-state index in [1.54, 1.807) is 0 Å². The molecule has 0 aliphatic heterocycles. The first-order valence-corrected chi connectivity index (χ1v) is 6.84. The standard InChI is InChI=1S/C13H24N2O3/c1-3-6-11(12(16)17)15-13(18)14-10-8-5-4-7-9(10)2/h9-11H,3-8H2,1-2H3,(H,16,17)(H2,14,15,18)/t9?,10?,11-/m1/s1. The van der Waals surface area contributed by atoms with E-state index in [0.29, 0.717) is 12.3 Å². The van der Waals surface area contributed by atoms with Gasteiger partial charge >= 0.3 is 12.0 Å². The molecular formula is C13H24N2O3. The van der Waals surface area contributed by atoms with Gasteiger partial charge in [0.05, 0.1) is 0 Å². The number of carbonyl (C=O) groups excluding carboxylic acids is 1. The van der Waals surface area contributed by atoms with Crippen molar-refractivity contribution < 1.29 is 14.7 Å². The zero-order chi connectivity index (χ0) is 13.5. The molecule has 0 saturated heterocycles. The highest BCUT2D eigenvalue weighted by atomic mass is 16.4. The minimum Gasteiger partial charge on any atom is -0.480 e. The molecule has 1 aliphatic rings. The van der Waals surface area contributed by atoms with Crippen LogP contribution in [0.4, 0.5) is 4.79 Å². The molecule has 1 fully saturated rings. The Bertz CT molecular complexity index is 294. The first-order valence-electron chi connectivity index (χ1n) is 6.84. The predicted molar refractivity (Wildman–Crippen MR) is 69.4 cm³/mol. The van der Waals surface area contributed by atoms with Crippen LogP contribution in [0, 0.1) is 5.92 Å². The van der Waals surface area contributed by atoms with Crippen LogP contribution in [-0.2, 0) is 4.79 Å². The summed E-state index contributed by atoms with van der Waals surface area (Å²) in [4.78, 5) is 22.7. The third-order valence-corrected chi connectivity index (χ3v) is 3.61. The Hall–Kier alpha value is -1.26. The molecule has 3 atom stereocenters. The minimum absolute atomic E-state index is 0.176. The maximum Gasteiger partial charge on any atom is 0.326 e. The third kappa shape index (κ3) is 4.55. The number of aliphatic carboxylic acids is 1. The summed E-state index contributed by atoms with van der Waals surface area (Å²) in [5.74, 6) is -0.498. The number of nitrogens with one attached hydrogen (secondary N) is 2. The van der Waals surface area contributed by atoms with Gasteiger partial charge in [-0.05, 0) is 25.2 Å². The molecule has 1 rings (SSSR count). The molecular weight excluding hydrogens is 232 g/mol. The van der Waals surface area contributed by atoms with E-state index in [1.165, 1.54) is 6.42 Å². The topological polar surface area (TPSA) is 78.4 Å². The summed E-state index contributed by atoms with van der Waals surface area (Å²) in [5, 5.41) is 14.4. The van der Waals surface area contributed by atoms with E-state index in [4.69, 9.17) is 5.11 Å². The van der Waals surface area contributed by atoms with Gasteiger partial charge in [0.1, 0.15) is 6.04 Å². The van der Waals surface area contributed by atoms with Crippen molar-refractivity contribution in [2.75, 3.05) is 0 Å². The van der Waals surface area contributed by atoms with Crippen molar-refractivity contribution in [3.63, 3.8) is 0 Å². The van der Waals surface area contributed by atoms with Crippen molar-refractivity contribution in [1.82, 2.24) is 10.6 Å². The lowest BCUT2D eigenvalue weighted by Gasteiger charge is -2.30. The lowest BCUT2D eigenvalue weighted by Crippen LogP contribution is -2.51. The summed E-state index contributed by atoms with van der Waals surface area (Å²) >= 11 is 0. The Labute approximate surface area is 108 Å². The summed E-state index contributed by atoms with van der Waals surface area (Å²) in [6.45, 7) is 4.03. The van der Waals surface area contributed by atoms with Crippen LogP contribution in [0.1, 0.15) is 52.4 Å². The predicted octanol–water partition coefficient (Wildman–Crippen LogP) is 2.12. The fourth-order valence-corrected chi connectivity index (χ4v) is 2.45. The molecule has 104 valence electrons. The molecule has 0 heterocycles. The second-order valence-corrected chi connectivity index (χ2v) is 5.17. The molecule has 0 spiro atoms. The maximum absolute atomic E-state index is 11.8. The van der Waals surface area contributed by atoms with Crippen LogP contribution in [0.5, 0.6) is 0 Å². The molecule has 0 aromatic rings.